The Labute approximate surface area is 199 Å². The van der Waals surface area contributed by atoms with Gasteiger partial charge in [0.15, 0.2) is 5.54 Å². The lowest BCUT2D eigenvalue weighted by Crippen LogP contribution is -2.54. The molecule has 2 fully saturated rings. The first-order valence-electron chi connectivity index (χ1n) is 11.8. The van der Waals surface area contributed by atoms with Gasteiger partial charge in [-0.1, -0.05) is 26.0 Å². The molecule has 176 valence electrons. The first kappa shape index (κ1) is 23.4. The number of pyridine rings is 1. The molecule has 0 bridgehead atoms. The maximum absolute atomic E-state index is 13.8. The Morgan fingerprint density at radius 3 is 2.67 bits per heavy atom. The summed E-state index contributed by atoms with van der Waals surface area (Å²) in [5.74, 6) is 0.365. The van der Waals surface area contributed by atoms with Crippen LogP contribution in [0.25, 0.3) is 0 Å². The van der Waals surface area contributed by atoms with Crippen molar-refractivity contribution in [1.82, 2.24) is 20.1 Å². The van der Waals surface area contributed by atoms with E-state index in [0.717, 1.165) is 11.3 Å². The number of amides is 4. The van der Waals surface area contributed by atoms with Gasteiger partial charge in [-0.3, -0.25) is 19.5 Å². The van der Waals surface area contributed by atoms with Crippen molar-refractivity contribution in [3.05, 3.63) is 52.5 Å². The molecule has 4 amide bonds. The molecule has 8 heteroatoms. The minimum atomic E-state index is -1.13. The Bertz CT molecular complexity index is 971. The number of thiophene rings is 1. The van der Waals surface area contributed by atoms with Crippen LogP contribution in [0.2, 0.25) is 0 Å². The smallest absolute Gasteiger partial charge is 0.325 e. The van der Waals surface area contributed by atoms with Gasteiger partial charge in [0.2, 0.25) is 5.91 Å². The van der Waals surface area contributed by atoms with Gasteiger partial charge in [0, 0.05) is 48.9 Å². The summed E-state index contributed by atoms with van der Waals surface area (Å²) in [4.78, 5) is 48.1. The fourth-order valence-electron chi connectivity index (χ4n) is 4.91. The zero-order chi connectivity index (χ0) is 23.4. The van der Waals surface area contributed by atoms with Crippen molar-refractivity contribution in [2.75, 3.05) is 19.6 Å². The molecule has 2 aliphatic heterocycles. The molecule has 33 heavy (non-hydrogen) atoms. The molecule has 1 N–H and O–H groups in total. The lowest BCUT2D eigenvalue weighted by atomic mass is 9.73. The number of aromatic nitrogens is 1. The lowest BCUT2D eigenvalue weighted by Gasteiger charge is -2.41. The average Bonchev–Trinajstić information content (AvgIpc) is 3.43. The number of carbonyl (C=O) groups excluding carboxylic acids is 3. The van der Waals surface area contributed by atoms with Crippen molar-refractivity contribution < 1.29 is 14.4 Å². The highest BCUT2D eigenvalue weighted by Gasteiger charge is 2.57. The van der Waals surface area contributed by atoms with Crippen LogP contribution in [0.4, 0.5) is 4.79 Å². The third-order valence-electron chi connectivity index (χ3n) is 6.81. The summed E-state index contributed by atoms with van der Waals surface area (Å²) < 4.78 is 0. The topological polar surface area (TPSA) is 82.6 Å². The van der Waals surface area contributed by atoms with Crippen LogP contribution < -0.4 is 5.32 Å². The molecule has 0 aliphatic carbocycles. The quantitative estimate of drug-likeness (QED) is 0.598. The van der Waals surface area contributed by atoms with Gasteiger partial charge in [-0.15, -0.1) is 11.3 Å². The summed E-state index contributed by atoms with van der Waals surface area (Å²) in [5.41, 5.74) is -0.417. The second-order valence-corrected chi connectivity index (χ2v) is 10.4. The van der Waals surface area contributed by atoms with Crippen molar-refractivity contribution in [2.45, 2.75) is 51.5 Å². The van der Waals surface area contributed by atoms with Crippen molar-refractivity contribution in [3.8, 4) is 0 Å². The molecule has 2 aliphatic rings. The number of piperidine rings is 1. The van der Waals surface area contributed by atoms with Gasteiger partial charge in [-0.25, -0.2) is 4.79 Å². The zero-order valence-corrected chi connectivity index (χ0v) is 20.1. The van der Waals surface area contributed by atoms with Crippen molar-refractivity contribution >= 4 is 29.2 Å². The van der Waals surface area contributed by atoms with Crippen molar-refractivity contribution in [2.24, 2.45) is 11.8 Å². The first-order valence-corrected chi connectivity index (χ1v) is 12.6. The summed E-state index contributed by atoms with van der Waals surface area (Å²) in [6.45, 7) is 5.79. The molecule has 0 spiro atoms. The van der Waals surface area contributed by atoms with Gasteiger partial charge in [0.1, 0.15) is 0 Å². The molecule has 0 aromatic carbocycles. The molecule has 2 saturated heterocycles. The Hall–Kier alpha value is -2.74. The van der Waals surface area contributed by atoms with E-state index in [2.05, 4.69) is 24.1 Å². The number of hydrogen-bond acceptors (Lipinski definition) is 5. The molecule has 1 unspecified atom stereocenters. The Morgan fingerprint density at radius 1 is 1.24 bits per heavy atom. The van der Waals surface area contributed by atoms with E-state index < -0.39 is 5.54 Å². The lowest BCUT2D eigenvalue weighted by molar-refractivity contribution is -0.136. The summed E-state index contributed by atoms with van der Waals surface area (Å²) in [7, 11) is 0. The van der Waals surface area contributed by atoms with Crippen LogP contribution in [0.3, 0.4) is 0 Å². The van der Waals surface area contributed by atoms with Crippen LogP contribution in [0.15, 0.2) is 42.0 Å². The van der Waals surface area contributed by atoms with E-state index >= 15 is 0 Å². The minimum absolute atomic E-state index is 0.0981. The molecule has 0 radical (unpaired) electrons. The van der Waals surface area contributed by atoms with Gasteiger partial charge >= 0.3 is 6.03 Å². The highest BCUT2D eigenvalue weighted by atomic mass is 32.1. The minimum Gasteiger partial charge on any atom is -0.343 e. The molecule has 4 heterocycles. The summed E-state index contributed by atoms with van der Waals surface area (Å²) in [6, 6.07) is 7.31. The molecule has 1 atom stereocenters. The van der Waals surface area contributed by atoms with E-state index in [9.17, 15) is 14.4 Å². The predicted octanol–water partition coefficient (Wildman–Crippen LogP) is 3.81. The van der Waals surface area contributed by atoms with Gasteiger partial charge < -0.3 is 10.2 Å². The van der Waals surface area contributed by atoms with Gasteiger partial charge in [-0.05, 0) is 55.0 Å². The van der Waals surface area contributed by atoms with Crippen molar-refractivity contribution in [1.29, 1.82) is 0 Å². The van der Waals surface area contributed by atoms with Crippen LogP contribution in [0.1, 0.15) is 50.0 Å². The largest absolute Gasteiger partial charge is 0.343 e. The number of carbonyl (C=O) groups is 3. The van der Waals surface area contributed by atoms with Crippen LogP contribution in [-0.2, 0) is 21.5 Å². The number of nitrogens with one attached hydrogen (secondary N) is 1. The van der Waals surface area contributed by atoms with Gasteiger partial charge in [-0.2, -0.15) is 0 Å². The van der Waals surface area contributed by atoms with E-state index in [-0.39, 0.29) is 23.8 Å². The van der Waals surface area contributed by atoms with E-state index in [1.807, 2.05) is 28.5 Å². The highest BCUT2D eigenvalue weighted by molar-refractivity contribution is 7.09. The Balaban J connectivity index is 1.52. The molecule has 4 rings (SSSR count). The number of imide groups is 1. The van der Waals surface area contributed by atoms with Gasteiger partial charge in [0.05, 0.1) is 0 Å². The molecular formula is C25H32N4O3S. The molecule has 2 aromatic rings. The third kappa shape index (κ3) is 4.81. The van der Waals surface area contributed by atoms with E-state index in [1.54, 1.807) is 29.8 Å². The van der Waals surface area contributed by atoms with E-state index in [4.69, 9.17) is 0 Å². The summed E-state index contributed by atoms with van der Waals surface area (Å²) in [6.07, 6.45) is 6.75. The first-order chi connectivity index (χ1) is 15.9. The number of hydrogen-bond donors (Lipinski definition) is 1. The van der Waals surface area contributed by atoms with Crippen LogP contribution in [-0.4, -0.2) is 52.3 Å². The van der Waals surface area contributed by atoms with Crippen LogP contribution >= 0.6 is 11.3 Å². The maximum atomic E-state index is 13.8. The van der Waals surface area contributed by atoms with E-state index in [0.29, 0.717) is 56.8 Å². The van der Waals surface area contributed by atoms with Crippen LogP contribution in [0, 0.1) is 11.8 Å². The summed E-state index contributed by atoms with van der Waals surface area (Å²) >= 11 is 1.62. The second-order valence-electron chi connectivity index (χ2n) is 9.35. The molecular weight excluding hydrogens is 436 g/mol. The fourth-order valence-corrected chi connectivity index (χ4v) is 5.61. The molecule has 2 aromatic heterocycles. The zero-order valence-electron chi connectivity index (χ0n) is 19.3. The normalized spacial score (nSPS) is 21.7. The predicted molar refractivity (Wildman–Crippen MR) is 128 cm³/mol. The molecule has 7 nitrogen and oxygen atoms in total. The second kappa shape index (κ2) is 10.0. The Kier molecular flexibility index (Phi) is 7.12. The monoisotopic (exact) mass is 468 g/mol. The highest BCUT2D eigenvalue weighted by Crippen LogP contribution is 2.41. The summed E-state index contributed by atoms with van der Waals surface area (Å²) in [5, 5.41) is 5.06. The SMILES string of the molecule is CC(C)CCC(=O)N1CCC(C2(c3cccnc3)NC(=O)N(CCc3cccs3)C2=O)CC1. The standard InChI is InChI=1S/C25H32N4O3S/c1-18(2)7-8-22(30)28-13-9-19(10-14-28)25(20-5-3-12-26-17-20)23(31)29(24(32)27-25)15-11-21-6-4-16-33-21/h3-6,12,16-19H,7-11,13-15H2,1-2H3,(H,27,32). The fraction of sp³-hybridized carbons (Fsp3) is 0.520. The molecule has 0 saturated carbocycles. The number of rotatable bonds is 8. The van der Waals surface area contributed by atoms with Gasteiger partial charge in [0.25, 0.3) is 5.91 Å². The average molecular weight is 469 g/mol. The number of nitrogens with zero attached hydrogens (tertiary/aromatic N) is 3. The number of urea groups is 1. The number of likely N-dealkylation sites (tertiary alicyclic amines) is 1. The maximum Gasteiger partial charge on any atom is 0.325 e. The Morgan fingerprint density at radius 2 is 2.03 bits per heavy atom. The van der Waals surface area contributed by atoms with E-state index in [1.165, 1.54) is 4.90 Å². The van der Waals surface area contributed by atoms with Crippen LogP contribution in [0.5, 0.6) is 0 Å². The van der Waals surface area contributed by atoms with Crippen molar-refractivity contribution in [3.63, 3.8) is 0 Å². The third-order valence-corrected chi connectivity index (χ3v) is 7.74.